The molecule has 0 amide bonds. The normalized spacial score (nSPS) is 21.3. The minimum Gasteiger partial charge on any atom is -0.381 e. The number of hydrogen-bond acceptors (Lipinski definition) is 3. The molecule has 1 aromatic carbocycles. The molecule has 5 heteroatoms. The van der Waals surface area contributed by atoms with Gasteiger partial charge in [0.2, 0.25) is 0 Å². The zero-order valence-electron chi connectivity index (χ0n) is 12.5. The van der Waals surface area contributed by atoms with Crippen molar-refractivity contribution in [3.05, 3.63) is 34.9 Å². The third-order valence-corrected chi connectivity index (χ3v) is 5.56. The van der Waals surface area contributed by atoms with Gasteiger partial charge in [-0.3, -0.25) is 4.21 Å². The largest absolute Gasteiger partial charge is 0.381 e. The first-order chi connectivity index (χ1) is 10.2. The summed E-state index contributed by atoms with van der Waals surface area (Å²) in [6.45, 7) is 4.72. The molecular weight excluding hydrogens is 306 g/mol. The van der Waals surface area contributed by atoms with Crippen LogP contribution in [0.1, 0.15) is 25.3 Å². The molecule has 3 nitrogen and oxygen atoms in total. The number of hydrogen-bond donors (Lipinski definition) is 1. The van der Waals surface area contributed by atoms with Crippen molar-refractivity contribution in [1.82, 2.24) is 5.32 Å². The van der Waals surface area contributed by atoms with Crippen LogP contribution in [0, 0.1) is 5.92 Å². The zero-order valence-corrected chi connectivity index (χ0v) is 14.1. The molecular formula is C16H24ClNO2S. The van der Waals surface area contributed by atoms with Gasteiger partial charge in [0.15, 0.2) is 0 Å². The van der Waals surface area contributed by atoms with Crippen molar-refractivity contribution in [2.24, 2.45) is 5.92 Å². The molecule has 1 aliphatic heterocycles. The molecule has 0 aliphatic carbocycles. The molecule has 0 saturated carbocycles. The van der Waals surface area contributed by atoms with Crippen molar-refractivity contribution in [3.8, 4) is 0 Å². The van der Waals surface area contributed by atoms with E-state index in [4.69, 9.17) is 16.3 Å². The molecule has 21 heavy (non-hydrogen) atoms. The van der Waals surface area contributed by atoms with Crippen molar-refractivity contribution in [3.63, 3.8) is 0 Å². The number of rotatable bonds is 8. The van der Waals surface area contributed by atoms with E-state index in [-0.39, 0.29) is 6.04 Å². The van der Waals surface area contributed by atoms with Gasteiger partial charge >= 0.3 is 0 Å². The van der Waals surface area contributed by atoms with E-state index in [1.54, 1.807) is 0 Å². The monoisotopic (exact) mass is 329 g/mol. The van der Waals surface area contributed by atoms with Crippen LogP contribution in [0.5, 0.6) is 0 Å². The Hall–Kier alpha value is -0.420. The summed E-state index contributed by atoms with van der Waals surface area (Å²) in [6, 6.07) is 7.92. The van der Waals surface area contributed by atoms with Gasteiger partial charge in [-0.1, -0.05) is 36.7 Å². The summed E-state index contributed by atoms with van der Waals surface area (Å²) in [7, 11) is -0.913. The summed E-state index contributed by atoms with van der Waals surface area (Å²) in [5, 5.41) is 4.24. The Morgan fingerprint density at radius 2 is 2.29 bits per heavy atom. The second kappa shape index (κ2) is 8.89. The predicted molar refractivity (Wildman–Crippen MR) is 89.2 cm³/mol. The highest BCUT2D eigenvalue weighted by molar-refractivity contribution is 7.84. The van der Waals surface area contributed by atoms with E-state index in [9.17, 15) is 4.21 Å². The summed E-state index contributed by atoms with van der Waals surface area (Å²) in [6.07, 6.45) is 2.14. The Bertz CT molecular complexity index is 463. The van der Waals surface area contributed by atoms with Gasteiger partial charge in [-0.15, -0.1) is 0 Å². The molecule has 0 aromatic heterocycles. The third-order valence-electron chi connectivity index (χ3n) is 3.83. The van der Waals surface area contributed by atoms with Crippen molar-refractivity contribution in [2.45, 2.75) is 31.6 Å². The van der Waals surface area contributed by atoms with Crippen LogP contribution in [0.25, 0.3) is 0 Å². The lowest BCUT2D eigenvalue weighted by Crippen LogP contribution is -2.41. The molecule has 0 spiro atoms. The summed E-state index contributed by atoms with van der Waals surface area (Å²) < 4.78 is 17.9. The first-order valence-corrected chi connectivity index (χ1v) is 9.46. The van der Waals surface area contributed by atoms with Gasteiger partial charge in [0, 0.05) is 40.1 Å². The van der Waals surface area contributed by atoms with E-state index in [2.05, 4.69) is 12.2 Å². The summed E-state index contributed by atoms with van der Waals surface area (Å²) >= 11 is 6.15. The quantitative estimate of drug-likeness (QED) is 0.796. The lowest BCUT2D eigenvalue weighted by molar-refractivity contribution is 0.179. The molecule has 1 aliphatic rings. The van der Waals surface area contributed by atoms with Gasteiger partial charge in [0.1, 0.15) is 0 Å². The van der Waals surface area contributed by atoms with E-state index in [0.717, 1.165) is 38.2 Å². The molecule has 0 radical (unpaired) electrons. The lowest BCUT2D eigenvalue weighted by atomic mass is 10.0. The Morgan fingerprint density at radius 3 is 2.95 bits per heavy atom. The van der Waals surface area contributed by atoms with E-state index in [1.807, 2.05) is 24.3 Å². The smallest absolute Gasteiger partial charge is 0.0510 e. The van der Waals surface area contributed by atoms with Crippen molar-refractivity contribution in [2.75, 3.05) is 25.5 Å². The Balaban J connectivity index is 1.92. The zero-order chi connectivity index (χ0) is 15.1. The molecule has 2 rings (SSSR count). The van der Waals surface area contributed by atoms with Gasteiger partial charge in [0.25, 0.3) is 0 Å². The number of ether oxygens (including phenoxy) is 1. The van der Waals surface area contributed by atoms with Crippen LogP contribution in [-0.4, -0.2) is 35.8 Å². The maximum Gasteiger partial charge on any atom is 0.0510 e. The SMILES string of the molecule is CCCNC(CS(=O)Cc1ccccc1Cl)C1CCOC1. The first kappa shape index (κ1) is 16.9. The number of nitrogens with one attached hydrogen (secondary N) is 1. The summed E-state index contributed by atoms with van der Waals surface area (Å²) in [4.78, 5) is 0. The van der Waals surface area contributed by atoms with Gasteiger partial charge < -0.3 is 10.1 Å². The van der Waals surface area contributed by atoms with Crippen LogP contribution in [0.15, 0.2) is 24.3 Å². The standard InChI is InChI=1S/C16H24ClNO2S/c1-2-8-18-16(13-7-9-20-10-13)12-21(19)11-14-5-3-4-6-15(14)17/h3-6,13,16,18H,2,7-12H2,1H3. The fourth-order valence-corrected chi connectivity index (χ4v) is 4.40. The Labute approximate surface area is 134 Å². The molecule has 0 bridgehead atoms. The highest BCUT2D eigenvalue weighted by Crippen LogP contribution is 2.20. The fourth-order valence-electron chi connectivity index (χ4n) is 2.61. The average molecular weight is 330 g/mol. The van der Waals surface area contributed by atoms with Gasteiger partial charge in [-0.2, -0.15) is 0 Å². The van der Waals surface area contributed by atoms with Gasteiger partial charge in [-0.05, 0) is 31.0 Å². The van der Waals surface area contributed by atoms with Crippen molar-refractivity contribution < 1.29 is 8.95 Å². The average Bonchev–Trinajstić information content (AvgIpc) is 3.00. The molecule has 1 heterocycles. The van der Waals surface area contributed by atoms with E-state index in [1.165, 1.54) is 0 Å². The van der Waals surface area contributed by atoms with Crippen LogP contribution in [-0.2, 0) is 21.3 Å². The van der Waals surface area contributed by atoms with E-state index in [0.29, 0.717) is 22.4 Å². The molecule has 118 valence electrons. The van der Waals surface area contributed by atoms with Gasteiger partial charge in [0.05, 0.1) is 12.4 Å². The lowest BCUT2D eigenvalue weighted by Gasteiger charge is -2.23. The molecule has 3 atom stereocenters. The molecule has 1 N–H and O–H groups in total. The topological polar surface area (TPSA) is 38.3 Å². The second-order valence-electron chi connectivity index (χ2n) is 5.53. The number of benzene rings is 1. The maximum absolute atomic E-state index is 12.5. The van der Waals surface area contributed by atoms with E-state index >= 15 is 0 Å². The highest BCUT2D eigenvalue weighted by Gasteiger charge is 2.26. The molecule has 1 aromatic rings. The number of halogens is 1. The Kier molecular flexibility index (Phi) is 7.17. The van der Waals surface area contributed by atoms with Crippen LogP contribution in [0.4, 0.5) is 0 Å². The van der Waals surface area contributed by atoms with Crippen LogP contribution < -0.4 is 5.32 Å². The highest BCUT2D eigenvalue weighted by atomic mass is 35.5. The molecule has 1 saturated heterocycles. The predicted octanol–water partition coefficient (Wildman–Crippen LogP) is 2.99. The Morgan fingerprint density at radius 1 is 1.48 bits per heavy atom. The maximum atomic E-state index is 12.5. The summed E-state index contributed by atoms with van der Waals surface area (Å²) in [5.74, 6) is 1.67. The minimum atomic E-state index is -0.913. The van der Waals surface area contributed by atoms with Crippen LogP contribution in [0.3, 0.4) is 0 Å². The molecule has 3 unspecified atom stereocenters. The summed E-state index contributed by atoms with van der Waals surface area (Å²) in [5.41, 5.74) is 0.967. The second-order valence-corrected chi connectivity index (χ2v) is 7.44. The first-order valence-electron chi connectivity index (χ1n) is 7.60. The van der Waals surface area contributed by atoms with E-state index < -0.39 is 10.8 Å². The van der Waals surface area contributed by atoms with Crippen LogP contribution in [0.2, 0.25) is 5.02 Å². The minimum absolute atomic E-state index is 0.274. The fraction of sp³-hybridized carbons (Fsp3) is 0.625. The van der Waals surface area contributed by atoms with Crippen molar-refractivity contribution in [1.29, 1.82) is 0 Å². The van der Waals surface area contributed by atoms with Gasteiger partial charge in [-0.25, -0.2) is 0 Å². The third kappa shape index (κ3) is 5.37. The molecule has 1 fully saturated rings. The van der Waals surface area contributed by atoms with Crippen molar-refractivity contribution >= 4 is 22.4 Å². The van der Waals surface area contributed by atoms with Crippen LogP contribution >= 0.6 is 11.6 Å².